The Morgan fingerprint density at radius 2 is 1.57 bits per heavy atom. The lowest BCUT2D eigenvalue weighted by atomic mass is 9.67. The van der Waals surface area contributed by atoms with Crippen LogP contribution < -0.4 is 0 Å². The molecule has 1 N–H and O–H groups in total. The van der Waals surface area contributed by atoms with Gasteiger partial charge in [-0.3, -0.25) is 4.79 Å². The molecule has 2 saturated carbocycles. The zero-order valence-corrected chi connectivity index (χ0v) is 28.5. The number of aliphatic hydroxyl groups is 1. The van der Waals surface area contributed by atoms with Crippen LogP contribution in [0.25, 0.3) is 10.8 Å². The van der Waals surface area contributed by atoms with Gasteiger partial charge in [0, 0.05) is 29.6 Å². The van der Waals surface area contributed by atoms with Crippen molar-refractivity contribution in [3.63, 3.8) is 0 Å². The highest BCUT2D eigenvalue weighted by Gasteiger charge is 2.34. The van der Waals surface area contributed by atoms with Crippen molar-refractivity contribution in [3.8, 4) is 0 Å². The van der Waals surface area contributed by atoms with Gasteiger partial charge in [-0.1, -0.05) is 69.3 Å². The van der Waals surface area contributed by atoms with Gasteiger partial charge in [0.25, 0.3) is 0 Å². The highest BCUT2D eigenvalue weighted by Crippen LogP contribution is 2.45. The molecular formula is C38H54O4S2. The van der Waals surface area contributed by atoms with Gasteiger partial charge in [0.05, 0.1) is 6.61 Å². The van der Waals surface area contributed by atoms with Crippen LogP contribution >= 0.6 is 25.3 Å². The van der Waals surface area contributed by atoms with Gasteiger partial charge in [0.15, 0.2) is 0 Å². The number of ether oxygens (including phenoxy) is 1. The molecule has 0 bridgehead atoms. The standard InChI is InChI=1S/C34H48O3S.C4H6OS/c1-3-4-5-6-25-7-8-32-20-31(18-17-30(32)19-25)28-13-9-26(10-14-28)27-11-15-29(16-12-27)33(21-35)22-37-34(36)24(2)23-38;1-4(2-5)3-6/h7-8,17-20,26-29,33,35,38H,2-6,9-16,21-23H2,1H3;2,6H,1,3H2. The smallest absolute Gasteiger partial charge is 0.334 e. The van der Waals surface area contributed by atoms with Crippen molar-refractivity contribution in [1.82, 2.24) is 0 Å². The molecule has 0 spiro atoms. The third-order valence-corrected chi connectivity index (χ3v) is 10.7. The zero-order chi connectivity index (χ0) is 31.9. The van der Waals surface area contributed by atoms with Gasteiger partial charge < -0.3 is 9.84 Å². The number of hydrogen-bond acceptors (Lipinski definition) is 6. The van der Waals surface area contributed by atoms with Crippen molar-refractivity contribution < 1.29 is 19.4 Å². The maximum Gasteiger partial charge on any atom is 0.334 e. The summed E-state index contributed by atoms with van der Waals surface area (Å²) in [5.74, 6) is 3.18. The molecule has 2 aromatic carbocycles. The lowest BCUT2D eigenvalue weighted by molar-refractivity contribution is -0.141. The molecule has 0 heterocycles. The summed E-state index contributed by atoms with van der Waals surface area (Å²) in [5.41, 5.74) is 3.90. The first kappa shape index (κ1) is 36.4. The van der Waals surface area contributed by atoms with Crippen molar-refractivity contribution in [3.05, 3.63) is 71.8 Å². The van der Waals surface area contributed by atoms with E-state index in [1.807, 2.05) is 0 Å². The molecule has 1 atom stereocenters. The first-order valence-electron chi connectivity index (χ1n) is 16.7. The van der Waals surface area contributed by atoms with Crippen LogP contribution in [0, 0.1) is 23.7 Å². The minimum atomic E-state index is -0.387. The van der Waals surface area contributed by atoms with E-state index in [0.717, 1.165) is 24.7 Å². The summed E-state index contributed by atoms with van der Waals surface area (Å²) in [5, 5.41) is 12.7. The summed E-state index contributed by atoms with van der Waals surface area (Å²) in [7, 11) is 0. The Labute approximate surface area is 276 Å². The van der Waals surface area contributed by atoms with E-state index in [0.29, 0.717) is 40.8 Å². The molecule has 6 heteroatoms. The Hall–Kier alpha value is -2.02. The van der Waals surface area contributed by atoms with E-state index in [4.69, 9.17) is 4.74 Å². The van der Waals surface area contributed by atoms with Crippen molar-refractivity contribution in [2.75, 3.05) is 24.7 Å². The van der Waals surface area contributed by atoms with Crippen LogP contribution in [-0.4, -0.2) is 42.1 Å². The van der Waals surface area contributed by atoms with Crippen LogP contribution in [0.15, 0.2) is 60.7 Å². The molecule has 0 saturated heterocycles. The number of benzene rings is 2. The first-order chi connectivity index (χ1) is 21.3. The predicted molar refractivity (Wildman–Crippen MR) is 191 cm³/mol. The quantitative estimate of drug-likeness (QED) is 0.0636. The summed E-state index contributed by atoms with van der Waals surface area (Å²) in [4.78, 5) is 21.5. The van der Waals surface area contributed by atoms with Gasteiger partial charge in [-0.05, 0) is 115 Å². The summed E-state index contributed by atoms with van der Waals surface area (Å²) in [6.45, 7) is 9.66. The van der Waals surface area contributed by atoms with Crippen LogP contribution in [0.5, 0.6) is 0 Å². The highest BCUT2D eigenvalue weighted by molar-refractivity contribution is 7.80. The number of fused-ring (bicyclic) bond motifs is 1. The number of hydrogen-bond donors (Lipinski definition) is 3. The van der Waals surface area contributed by atoms with Gasteiger partial charge in [0.1, 0.15) is 6.29 Å². The largest absolute Gasteiger partial charge is 0.462 e. The third kappa shape index (κ3) is 11.1. The fourth-order valence-electron chi connectivity index (χ4n) is 7.04. The van der Waals surface area contributed by atoms with E-state index in [1.165, 1.54) is 86.1 Å². The van der Waals surface area contributed by atoms with Crippen LogP contribution in [0.4, 0.5) is 0 Å². The third-order valence-electron chi connectivity index (χ3n) is 9.90. The molecule has 2 aromatic rings. The minimum absolute atomic E-state index is 0.0312. The van der Waals surface area contributed by atoms with E-state index in [-0.39, 0.29) is 25.1 Å². The molecule has 44 heavy (non-hydrogen) atoms. The second-order valence-corrected chi connectivity index (χ2v) is 13.6. The number of aryl methyl sites for hydroxylation is 1. The number of carbonyl (C=O) groups is 2. The molecule has 4 nitrogen and oxygen atoms in total. The number of unbranched alkanes of at least 4 members (excludes halogenated alkanes) is 2. The first-order valence-corrected chi connectivity index (χ1v) is 17.9. The molecule has 2 fully saturated rings. The lowest BCUT2D eigenvalue weighted by Gasteiger charge is -2.39. The predicted octanol–water partition coefficient (Wildman–Crippen LogP) is 8.96. The van der Waals surface area contributed by atoms with E-state index in [9.17, 15) is 14.7 Å². The molecule has 2 aliphatic rings. The molecule has 0 aromatic heterocycles. The maximum atomic E-state index is 11.9. The van der Waals surface area contributed by atoms with Gasteiger partial charge >= 0.3 is 5.97 Å². The van der Waals surface area contributed by atoms with E-state index >= 15 is 0 Å². The molecule has 0 radical (unpaired) electrons. The average Bonchev–Trinajstić information content (AvgIpc) is 3.08. The topological polar surface area (TPSA) is 63.6 Å². The number of rotatable bonds is 14. The average molecular weight is 639 g/mol. The Morgan fingerprint density at radius 1 is 0.932 bits per heavy atom. The van der Waals surface area contributed by atoms with Gasteiger partial charge in [-0.2, -0.15) is 25.3 Å². The zero-order valence-electron chi connectivity index (χ0n) is 26.7. The Kier molecular flexibility index (Phi) is 16.1. The number of aldehydes is 1. The minimum Gasteiger partial charge on any atom is -0.462 e. The molecular weight excluding hydrogens is 585 g/mol. The summed E-state index contributed by atoms with van der Waals surface area (Å²) in [6.07, 6.45) is 15.8. The van der Waals surface area contributed by atoms with Gasteiger partial charge in [0.2, 0.25) is 0 Å². The van der Waals surface area contributed by atoms with Gasteiger partial charge in [-0.15, -0.1) is 0 Å². The normalized spacial score (nSPS) is 22.4. The molecule has 0 amide bonds. The second kappa shape index (κ2) is 19.5. The number of esters is 1. The van der Waals surface area contributed by atoms with Crippen LogP contribution in [0.2, 0.25) is 0 Å². The van der Waals surface area contributed by atoms with Crippen molar-refractivity contribution >= 4 is 48.3 Å². The number of thiol groups is 2. The molecule has 0 aliphatic heterocycles. The fraction of sp³-hybridized carbons (Fsp3) is 0.579. The van der Waals surface area contributed by atoms with Crippen LogP contribution in [0.3, 0.4) is 0 Å². The number of carbonyl (C=O) groups excluding carboxylic acids is 2. The molecule has 1 unspecified atom stereocenters. The van der Waals surface area contributed by atoms with Gasteiger partial charge in [-0.25, -0.2) is 4.79 Å². The second-order valence-electron chi connectivity index (χ2n) is 12.9. The molecule has 4 rings (SSSR count). The summed E-state index contributed by atoms with van der Waals surface area (Å²) in [6, 6.07) is 14.3. The Balaban J connectivity index is 0.000000801. The molecule has 242 valence electrons. The Bertz CT molecular complexity index is 1210. The van der Waals surface area contributed by atoms with Crippen molar-refractivity contribution in [2.24, 2.45) is 23.7 Å². The fourth-order valence-corrected chi connectivity index (χ4v) is 7.24. The van der Waals surface area contributed by atoms with Crippen molar-refractivity contribution in [1.29, 1.82) is 0 Å². The summed E-state index contributed by atoms with van der Waals surface area (Å²) >= 11 is 7.85. The van der Waals surface area contributed by atoms with E-state index < -0.39 is 0 Å². The monoisotopic (exact) mass is 638 g/mol. The Morgan fingerprint density at radius 3 is 2.14 bits per heavy atom. The SMILES string of the molecule is C=C(C=O)CS.C=C(CS)C(=O)OCC(CO)C1CCC(C2CCC(c3ccc4cc(CCCCC)ccc4c3)CC2)CC1. The molecule has 2 aliphatic carbocycles. The van der Waals surface area contributed by atoms with Crippen molar-refractivity contribution in [2.45, 2.75) is 89.9 Å². The maximum absolute atomic E-state index is 11.9. The van der Waals surface area contributed by atoms with Crippen LogP contribution in [0.1, 0.15) is 94.6 Å². The van der Waals surface area contributed by atoms with E-state index in [2.05, 4.69) is 81.7 Å². The number of aliphatic hydroxyl groups excluding tert-OH is 1. The highest BCUT2D eigenvalue weighted by atomic mass is 32.1. The summed E-state index contributed by atoms with van der Waals surface area (Å²) < 4.78 is 5.40. The lowest BCUT2D eigenvalue weighted by Crippen LogP contribution is -2.31. The van der Waals surface area contributed by atoms with E-state index in [1.54, 1.807) is 0 Å². The van der Waals surface area contributed by atoms with Crippen LogP contribution in [-0.2, 0) is 20.7 Å².